The van der Waals surface area contributed by atoms with Crippen molar-refractivity contribution in [3.05, 3.63) is 0 Å². The fraction of sp³-hybridized carbons (Fsp3) is 0.933. The quantitative estimate of drug-likeness (QED) is 0.671. The lowest BCUT2D eigenvalue weighted by Gasteiger charge is -2.38. The highest BCUT2D eigenvalue weighted by Crippen LogP contribution is 2.41. The van der Waals surface area contributed by atoms with Crippen molar-refractivity contribution in [1.82, 2.24) is 10.2 Å². The van der Waals surface area contributed by atoms with Crippen LogP contribution in [0.1, 0.15) is 46.5 Å². The topological polar surface area (TPSA) is 52.6 Å². The monoisotopic (exact) mass is 268 g/mol. The summed E-state index contributed by atoms with van der Waals surface area (Å²) in [6.07, 6.45) is 4.73. The summed E-state index contributed by atoms with van der Waals surface area (Å²) in [6, 6.07) is 0.414. The van der Waals surface area contributed by atoms with Gasteiger partial charge in [0, 0.05) is 19.1 Å². The number of rotatable bonds is 9. The third-order valence-electron chi connectivity index (χ3n) is 4.52. The van der Waals surface area contributed by atoms with Crippen LogP contribution in [0, 0.1) is 11.8 Å². The number of likely N-dealkylation sites (N-methyl/N-ethyl adjacent to an activating group) is 1. The molecule has 0 heterocycles. The standard InChI is InChI=1S/C15H28N2O2/c1-4-16-15(14(18)19,13-7-8-13)10-17(11(2)3)9-12-5-6-12/h11-13,16H,4-10H2,1-3H3,(H,18,19). The predicted octanol–water partition coefficient (Wildman–Crippen LogP) is 1.95. The fourth-order valence-electron chi connectivity index (χ4n) is 2.95. The maximum atomic E-state index is 11.9. The van der Waals surface area contributed by atoms with E-state index in [0.29, 0.717) is 18.5 Å². The maximum Gasteiger partial charge on any atom is 0.325 e. The SMILES string of the molecule is CCNC(CN(CC1CC1)C(C)C)(C(=O)O)C1CC1. The molecule has 0 aromatic rings. The number of nitrogens with one attached hydrogen (secondary N) is 1. The normalized spacial score (nSPS) is 22.8. The van der Waals surface area contributed by atoms with Crippen LogP contribution in [0.4, 0.5) is 0 Å². The molecule has 0 amide bonds. The predicted molar refractivity (Wildman–Crippen MR) is 76.2 cm³/mol. The Bertz CT molecular complexity index is 324. The number of aliphatic carboxylic acids is 1. The Hall–Kier alpha value is -0.610. The van der Waals surface area contributed by atoms with Crippen molar-refractivity contribution in [3.8, 4) is 0 Å². The Labute approximate surface area is 116 Å². The van der Waals surface area contributed by atoms with E-state index < -0.39 is 11.5 Å². The number of carboxylic acids is 1. The van der Waals surface area contributed by atoms with Gasteiger partial charge in [0.2, 0.25) is 0 Å². The van der Waals surface area contributed by atoms with Crippen LogP contribution in [0.5, 0.6) is 0 Å². The lowest BCUT2D eigenvalue weighted by Crippen LogP contribution is -2.61. The van der Waals surface area contributed by atoms with Gasteiger partial charge < -0.3 is 10.4 Å². The molecule has 2 aliphatic carbocycles. The third kappa shape index (κ3) is 3.48. The molecule has 0 aromatic heterocycles. The van der Waals surface area contributed by atoms with Crippen LogP contribution in [0.2, 0.25) is 0 Å². The molecule has 2 saturated carbocycles. The van der Waals surface area contributed by atoms with Gasteiger partial charge in [-0.3, -0.25) is 9.69 Å². The average molecular weight is 268 g/mol. The molecule has 0 aromatic carbocycles. The molecule has 0 aliphatic heterocycles. The second-order valence-corrected chi connectivity index (χ2v) is 6.55. The smallest absolute Gasteiger partial charge is 0.325 e. The molecule has 110 valence electrons. The van der Waals surface area contributed by atoms with Crippen molar-refractivity contribution < 1.29 is 9.90 Å². The highest BCUT2D eigenvalue weighted by Gasteiger charge is 2.52. The number of carboxylic acid groups (broad SMARTS) is 1. The number of carbonyl (C=O) groups is 1. The van der Waals surface area contributed by atoms with E-state index in [0.717, 1.165) is 31.8 Å². The van der Waals surface area contributed by atoms with E-state index in [9.17, 15) is 9.90 Å². The molecule has 2 aliphatic rings. The lowest BCUT2D eigenvalue weighted by atomic mass is 9.91. The van der Waals surface area contributed by atoms with Crippen LogP contribution in [-0.4, -0.2) is 47.2 Å². The Morgan fingerprint density at radius 1 is 1.37 bits per heavy atom. The van der Waals surface area contributed by atoms with E-state index in [-0.39, 0.29) is 0 Å². The molecule has 19 heavy (non-hydrogen) atoms. The first-order chi connectivity index (χ1) is 8.99. The van der Waals surface area contributed by atoms with Gasteiger partial charge >= 0.3 is 5.97 Å². The van der Waals surface area contributed by atoms with Crippen molar-refractivity contribution in [1.29, 1.82) is 0 Å². The molecular weight excluding hydrogens is 240 g/mol. The molecule has 0 spiro atoms. The van der Waals surface area contributed by atoms with Gasteiger partial charge in [-0.05, 0) is 57.9 Å². The summed E-state index contributed by atoms with van der Waals surface area (Å²) >= 11 is 0. The van der Waals surface area contributed by atoms with Gasteiger partial charge in [-0.15, -0.1) is 0 Å². The van der Waals surface area contributed by atoms with Gasteiger partial charge in [0.05, 0.1) is 0 Å². The molecule has 0 saturated heterocycles. The minimum absolute atomic E-state index is 0.311. The maximum absolute atomic E-state index is 11.9. The van der Waals surface area contributed by atoms with Gasteiger partial charge in [0.15, 0.2) is 0 Å². The second-order valence-electron chi connectivity index (χ2n) is 6.55. The van der Waals surface area contributed by atoms with Gasteiger partial charge in [-0.2, -0.15) is 0 Å². The molecule has 2 rings (SSSR count). The van der Waals surface area contributed by atoms with Gasteiger partial charge in [0.25, 0.3) is 0 Å². The number of hydrogen-bond acceptors (Lipinski definition) is 3. The van der Waals surface area contributed by atoms with E-state index in [1.165, 1.54) is 12.8 Å². The van der Waals surface area contributed by atoms with E-state index >= 15 is 0 Å². The van der Waals surface area contributed by atoms with Gasteiger partial charge in [-0.25, -0.2) is 0 Å². The first kappa shape index (κ1) is 14.8. The van der Waals surface area contributed by atoms with Gasteiger partial charge in [-0.1, -0.05) is 6.92 Å². The summed E-state index contributed by atoms with van der Waals surface area (Å²) in [5.41, 5.74) is -0.728. The Kier molecular flexibility index (Phi) is 4.51. The highest BCUT2D eigenvalue weighted by atomic mass is 16.4. The number of hydrogen-bond donors (Lipinski definition) is 2. The molecule has 2 fully saturated rings. The fourth-order valence-corrected chi connectivity index (χ4v) is 2.95. The molecule has 4 heteroatoms. The summed E-state index contributed by atoms with van der Waals surface area (Å²) in [4.78, 5) is 14.2. The van der Waals surface area contributed by atoms with Crippen molar-refractivity contribution >= 4 is 5.97 Å². The molecule has 2 N–H and O–H groups in total. The zero-order valence-electron chi connectivity index (χ0n) is 12.5. The van der Waals surface area contributed by atoms with Crippen LogP contribution in [-0.2, 0) is 4.79 Å². The summed E-state index contributed by atoms with van der Waals surface area (Å²) in [7, 11) is 0. The van der Waals surface area contributed by atoms with Crippen LogP contribution < -0.4 is 5.32 Å². The van der Waals surface area contributed by atoms with E-state index in [1.54, 1.807) is 0 Å². The van der Waals surface area contributed by atoms with Crippen molar-refractivity contribution in [2.45, 2.75) is 58.0 Å². The zero-order chi connectivity index (χ0) is 14.0. The first-order valence-electron chi connectivity index (χ1n) is 7.72. The molecular formula is C15H28N2O2. The minimum Gasteiger partial charge on any atom is -0.480 e. The Balaban J connectivity index is 2.09. The summed E-state index contributed by atoms with van der Waals surface area (Å²) < 4.78 is 0. The van der Waals surface area contributed by atoms with Crippen LogP contribution in [0.15, 0.2) is 0 Å². The van der Waals surface area contributed by atoms with Gasteiger partial charge in [0.1, 0.15) is 5.54 Å². The molecule has 0 radical (unpaired) electrons. The largest absolute Gasteiger partial charge is 0.480 e. The van der Waals surface area contributed by atoms with E-state index in [1.807, 2.05) is 6.92 Å². The first-order valence-corrected chi connectivity index (χ1v) is 7.72. The average Bonchev–Trinajstić information content (AvgIpc) is 3.19. The van der Waals surface area contributed by atoms with Crippen molar-refractivity contribution in [2.75, 3.05) is 19.6 Å². The van der Waals surface area contributed by atoms with Crippen LogP contribution in [0.3, 0.4) is 0 Å². The third-order valence-corrected chi connectivity index (χ3v) is 4.52. The Morgan fingerprint density at radius 2 is 2.00 bits per heavy atom. The summed E-state index contributed by atoms with van der Waals surface area (Å²) in [5, 5.41) is 13.1. The lowest BCUT2D eigenvalue weighted by molar-refractivity contribution is -0.147. The Morgan fingerprint density at radius 3 is 2.37 bits per heavy atom. The molecule has 1 unspecified atom stereocenters. The van der Waals surface area contributed by atoms with Crippen LogP contribution in [0.25, 0.3) is 0 Å². The molecule has 1 atom stereocenters. The second kappa shape index (κ2) is 5.80. The van der Waals surface area contributed by atoms with E-state index in [4.69, 9.17) is 0 Å². The van der Waals surface area contributed by atoms with Crippen molar-refractivity contribution in [3.63, 3.8) is 0 Å². The minimum atomic E-state index is -0.728. The van der Waals surface area contributed by atoms with Crippen molar-refractivity contribution in [2.24, 2.45) is 11.8 Å². The van der Waals surface area contributed by atoms with Crippen LogP contribution >= 0.6 is 0 Å². The highest BCUT2D eigenvalue weighted by molar-refractivity contribution is 5.80. The molecule has 0 bridgehead atoms. The number of nitrogens with zero attached hydrogens (tertiary/aromatic N) is 1. The zero-order valence-corrected chi connectivity index (χ0v) is 12.5. The van der Waals surface area contributed by atoms with E-state index in [2.05, 4.69) is 24.1 Å². The summed E-state index contributed by atoms with van der Waals surface area (Å²) in [5.74, 6) is 0.443. The summed E-state index contributed by atoms with van der Waals surface area (Å²) in [6.45, 7) is 8.78. The molecule has 4 nitrogen and oxygen atoms in total.